The van der Waals surface area contributed by atoms with E-state index in [0.29, 0.717) is 15.6 Å². The molecule has 1 heterocycles. The van der Waals surface area contributed by atoms with Crippen LogP contribution in [0.5, 0.6) is 0 Å². The topological polar surface area (TPSA) is 46.0 Å². The summed E-state index contributed by atoms with van der Waals surface area (Å²) in [6.45, 7) is 0. The van der Waals surface area contributed by atoms with Gasteiger partial charge in [0, 0.05) is 5.56 Å². The van der Waals surface area contributed by atoms with Crippen LogP contribution < -0.4 is 0 Å². The summed E-state index contributed by atoms with van der Waals surface area (Å²) in [7, 11) is 0. The number of benzene rings is 2. The third kappa shape index (κ3) is 3.19. The van der Waals surface area contributed by atoms with Crippen LogP contribution in [0.15, 0.2) is 47.6 Å². The van der Waals surface area contributed by atoms with Gasteiger partial charge in [-0.3, -0.25) is 0 Å². The smallest absolute Gasteiger partial charge is 0.216 e. The zero-order valence-electron chi connectivity index (χ0n) is 11.5. The van der Waals surface area contributed by atoms with E-state index in [0.717, 1.165) is 0 Å². The molecule has 0 bridgehead atoms. The Morgan fingerprint density at radius 1 is 1.17 bits per heavy atom. The van der Waals surface area contributed by atoms with Gasteiger partial charge in [0.1, 0.15) is 5.82 Å². The Balaban J connectivity index is 2.07. The fraction of sp³-hybridized carbons (Fsp3) is 0. The number of H-pyrrole nitrogens is 1. The Morgan fingerprint density at radius 2 is 1.96 bits per heavy atom. The van der Waals surface area contributed by atoms with E-state index in [2.05, 4.69) is 15.3 Å². The molecule has 3 rings (SSSR count). The number of nitrogens with one attached hydrogen (secondary N) is 1. The molecule has 3 aromatic rings. The van der Waals surface area contributed by atoms with Crippen LogP contribution in [0.1, 0.15) is 5.56 Å². The van der Waals surface area contributed by atoms with E-state index in [1.165, 1.54) is 17.0 Å². The van der Waals surface area contributed by atoms with E-state index in [-0.39, 0.29) is 16.2 Å². The lowest BCUT2D eigenvalue weighted by Crippen LogP contribution is -1.97. The van der Waals surface area contributed by atoms with Crippen molar-refractivity contribution in [3.63, 3.8) is 0 Å². The second-order valence-electron chi connectivity index (χ2n) is 4.53. The minimum Gasteiger partial charge on any atom is -0.250 e. The molecule has 0 saturated carbocycles. The lowest BCUT2D eigenvalue weighted by atomic mass is 10.2. The molecule has 23 heavy (non-hydrogen) atoms. The molecule has 116 valence electrons. The number of aromatic nitrogens is 3. The fourth-order valence-corrected chi connectivity index (χ4v) is 2.49. The van der Waals surface area contributed by atoms with Gasteiger partial charge in [0.05, 0.1) is 21.8 Å². The SMILES string of the molecule is Fc1ccccc1-c1n[nH]c(=S)n1/N=C/c1cccc(Cl)c1Cl. The number of aromatic amines is 1. The van der Waals surface area contributed by atoms with Gasteiger partial charge in [-0.15, -0.1) is 0 Å². The third-order valence-corrected chi connectivity index (χ3v) is 4.16. The maximum absolute atomic E-state index is 14.0. The summed E-state index contributed by atoms with van der Waals surface area (Å²) in [5.41, 5.74) is 0.899. The highest BCUT2D eigenvalue weighted by Crippen LogP contribution is 2.25. The molecule has 0 fully saturated rings. The van der Waals surface area contributed by atoms with E-state index in [4.69, 9.17) is 35.4 Å². The number of hydrogen-bond donors (Lipinski definition) is 1. The van der Waals surface area contributed by atoms with Crippen LogP contribution in [0, 0.1) is 10.6 Å². The van der Waals surface area contributed by atoms with Crippen LogP contribution in [-0.2, 0) is 0 Å². The third-order valence-electron chi connectivity index (χ3n) is 3.06. The molecule has 0 aliphatic carbocycles. The standard InChI is InChI=1S/C15H9Cl2FN4S/c16-11-6-3-4-9(13(11)17)8-19-22-14(20-21-15(22)23)10-5-1-2-7-12(10)18/h1-8H,(H,21,23)/b19-8+. The normalized spacial score (nSPS) is 11.3. The molecule has 0 unspecified atom stereocenters. The Kier molecular flexibility index (Phi) is 4.56. The Morgan fingerprint density at radius 3 is 2.74 bits per heavy atom. The van der Waals surface area contributed by atoms with Crippen LogP contribution in [0.4, 0.5) is 4.39 Å². The lowest BCUT2D eigenvalue weighted by molar-refractivity contribution is 0.628. The van der Waals surface area contributed by atoms with Crippen LogP contribution in [0.25, 0.3) is 11.4 Å². The minimum atomic E-state index is -0.418. The number of hydrogen-bond acceptors (Lipinski definition) is 3. The molecule has 4 nitrogen and oxygen atoms in total. The average Bonchev–Trinajstić information content (AvgIpc) is 2.90. The van der Waals surface area contributed by atoms with Crippen molar-refractivity contribution in [1.29, 1.82) is 0 Å². The van der Waals surface area contributed by atoms with Crippen molar-refractivity contribution in [1.82, 2.24) is 14.9 Å². The van der Waals surface area contributed by atoms with Crippen molar-refractivity contribution in [3.05, 3.63) is 68.7 Å². The molecule has 8 heteroatoms. The molecule has 0 saturated heterocycles. The Labute approximate surface area is 146 Å². The van der Waals surface area contributed by atoms with Crippen molar-refractivity contribution in [3.8, 4) is 11.4 Å². The monoisotopic (exact) mass is 366 g/mol. The molecule has 0 aliphatic rings. The second-order valence-corrected chi connectivity index (χ2v) is 5.70. The molecule has 0 amide bonds. The van der Waals surface area contributed by atoms with Crippen LogP contribution in [-0.4, -0.2) is 21.1 Å². The molecule has 1 aromatic heterocycles. The molecular weight excluding hydrogens is 358 g/mol. The second kappa shape index (κ2) is 6.62. The molecule has 2 aromatic carbocycles. The highest BCUT2D eigenvalue weighted by Gasteiger charge is 2.12. The van der Waals surface area contributed by atoms with Gasteiger partial charge in [-0.05, 0) is 30.4 Å². The largest absolute Gasteiger partial charge is 0.250 e. The Hall–Kier alpha value is -2.02. The first-order valence-corrected chi connectivity index (χ1v) is 7.65. The van der Waals surface area contributed by atoms with E-state index >= 15 is 0 Å². The average molecular weight is 367 g/mol. The summed E-state index contributed by atoms with van der Waals surface area (Å²) >= 11 is 17.2. The summed E-state index contributed by atoms with van der Waals surface area (Å²) in [4.78, 5) is 0. The zero-order chi connectivity index (χ0) is 16.4. The van der Waals surface area contributed by atoms with Crippen molar-refractivity contribution in [2.45, 2.75) is 0 Å². The zero-order valence-corrected chi connectivity index (χ0v) is 13.8. The van der Waals surface area contributed by atoms with Crippen LogP contribution in [0.2, 0.25) is 10.0 Å². The van der Waals surface area contributed by atoms with Crippen molar-refractivity contribution < 1.29 is 4.39 Å². The molecule has 0 atom stereocenters. The molecule has 1 N–H and O–H groups in total. The molecular formula is C15H9Cl2FN4S. The number of halogens is 3. The van der Waals surface area contributed by atoms with Crippen molar-refractivity contribution in [2.75, 3.05) is 0 Å². The van der Waals surface area contributed by atoms with Crippen molar-refractivity contribution in [2.24, 2.45) is 5.10 Å². The van der Waals surface area contributed by atoms with Gasteiger partial charge in [-0.25, -0.2) is 9.49 Å². The van der Waals surface area contributed by atoms with Gasteiger partial charge in [-0.1, -0.05) is 47.5 Å². The van der Waals surface area contributed by atoms with Gasteiger partial charge >= 0.3 is 0 Å². The summed E-state index contributed by atoms with van der Waals surface area (Å²) < 4.78 is 15.5. The van der Waals surface area contributed by atoms with Gasteiger partial charge in [0.2, 0.25) is 4.77 Å². The summed E-state index contributed by atoms with van der Waals surface area (Å²) in [5.74, 6) is -0.152. The van der Waals surface area contributed by atoms with Gasteiger partial charge in [0.25, 0.3) is 0 Å². The molecule has 0 radical (unpaired) electrons. The summed E-state index contributed by atoms with van der Waals surface area (Å²) in [5, 5.41) is 11.7. The Bertz CT molecular complexity index is 949. The van der Waals surface area contributed by atoms with Crippen molar-refractivity contribution >= 4 is 41.6 Å². The maximum Gasteiger partial charge on any atom is 0.216 e. The maximum atomic E-state index is 14.0. The number of rotatable bonds is 3. The molecule has 0 aliphatic heterocycles. The highest BCUT2D eigenvalue weighted by molar-refractivity contribution is 7.71. The summed E-state index contributed by atoms with van der Waals surface area (Å²) in [6, 6.07) is 11.4. The van der Waals surface area contributed by atoms with E-state index in [9.17, 15) is 4.39 Å². The van der Waals surface area contributed by atoms with Gasteiger partial charge < -0.3 is 0 Å². The lowest BCUT2D eigenvalue weighted by Gasteiger charge is -2.03. The minimum absolute atomic E-state index is 0.234. The highest BCUT2D eigenvalue weighted by atomic mass is 35.5. The summed E-state index contributed by atoms with van der Waals surface area (Å²) in [6.07, 6.45) is 1.49. The predicted octanol–water partition coefficient (Wildman–Crippen LogP) is 4.94. The van der Waals surface area contributed by atoms with Crippen LogP contribution >= 0.6 is 35.4 Å². The number of nitrogens with zero attached hydrogens (tertiary/aromatic N) is 3. The van der Waals surface area contributed by atoms with E-state index in [1.54, 1.807) is 36.4 Å². The van der Waals surface area contributed by atoms with E-state index in [1.807, 2.05) is 0 Å². The van der Waals surface area contributed by atoms with Crippen LogP contribution in [0.3, 0.4) is 0 Å². The quantitative estimate of drug-likeness (QED) is 0.527. The fourth-order valence-electron chi connectivity index (χ4n) is 1.96. The van der Waals surface area contributed by atoms with E-state index < -0.39 is 5.82 Å². The van der Waals surface area contributed by atoms with Gasteiger partial charge in [0.15, 0.2) is 5.82 Å². The predicted molar refractivity (Wildman–Crippen MR) is 92.3 cm³/mol. The molecule has 0 spiro atoms. The first-order valence-electron chi connectivity index (χ1n) is 6.48. The first kappa shape index (κ1) is 15.9. The first-order chi connectivity index (χ1) is 11.1. The van der Waals surface area contributed by atoms with Gasteiger partial charge in [-0.2, -0.15) is 14.9 Å².